The second-order valence-corrected chi connectivity index (χ2v) is 5.38. The van der Waals surface area contributed by atoms with Crippen LogP contribution in [0.1, 0.15) is 11.1 Å². The van der Waals surface area contributed by atoms with E-state index in [0.29, 0.717) is 0 Å². The summed E-state index contributed by atoms with van der Waals surface area (Å²) in [6, 6.07) is 18.3. The van der Waals surface area contributed by atoms with Gasteiger partial charge in [-0.3, -0.25) is 0 Å². The van der Waals surface area contributed by atoms with Crippen LogP contribution in [0.15, 0.2) is 60.7 Å². The molecular formula is C14H14MgO6P2+2. The van der Waals surface area contributed by atoms with Gasteiger partial charge < -0.3 is 9.79 Å². The van der Waals surface area contributed by atoms with E-state index in [9.17, 15) is 18.9 Å². The maximum atomic E-state index is 9.99. The molecule has 0 saturated heterocycles. The summed E-state index contributed by atoms with van der Waals surface area (Å²) in [5, 5.41) is 0. The summed E-state index contributed by atoms with van der Waals surface area (Å²) in [6.07, 6.45) is 0. The number of benzene rings is 2. The van der Waals surface area contributed by atoms with Crippen molar-refractivity contribution in [3.8, 4) is 0 Å². The smallest absolute Gasteiger partial charge is 0.566 e. The van der Waals surface area contributed by atoms with Crippen molar-refractivity contribution in [1.82, 2.24) is 0 Å². The first-order chi connectivity index (χ1) is 10.6. The van der Waals surface area contributed by atoms with Crippen LogP contribution in [0.2, 0.25) is 0 Å². The molecule has 0 heterocycles. The fourth-order valence-corrected chi connectivity index (χ4v) is 1.91. The minimum atomic E-state index is -2.72. The topological polar surface area (TPSA) is 98.7 Å². The van der Waals surface area contributed by atoms with Gasteiger partial charge in [-0.05, 0) is 20.3 Å². The molecule has 0 bridgehead atoms. The summed E-state index contributed by atoms with van der Waals surface area (Å²) >= 11 is 0. The van der Waals surface area contributed by atoms with E-state index in [0.717, 1.165) is 11.1 Å². The Bertz CT molecular complexity index is 529. The van der Waals surface area contributed by atoms with Crippen molar-refractivity contribution in [2.24, 2.45) is 0 Å². The minimum absolute atomic E-state index is 0. The van der Waals surface area contributed by atoms with Crippen LogP contribution in [0.3, 0.4) is 0 Å². The fourth-order valence-electron chi connectivity index (χ4n) is 1.40. The first-order valence-corrected chi connectivity index (χ1v) is 8.39. The minimum Gasteiger partial charge on any atom is -0.566 e. The molecule has 2 atom stereocenters. The average molecular weight is 365 g/mol. The van der Waals surface area contributed by atoms with Crippen LogP contribution in [0.4, 0.5) is 0 Å². The molecule has 2 rings (SSSR count). The van der Waals surface area contributed by atoms with E-state index in [1.54, 1.807) is 24.3 Å². The summed E-state index contributed by atoms with van der Waals surface area (Å²) in [6.45, 7) is 0.249. The Morgan fingerprint density at radius 2 is 1.00 bits per heavy atom. The van der Waals surface area contributed by atoms with Gasteiger partial charge in [0.1, 0.15) is 13.2 Å². The van der Waals surface area contributed by atoms with Gasteiger partial charge >= 0.3 is 39.6 Å². The van der Waals surface area contributed by atoms with E-state index in [1.165, 1.54) is 0 Å². The van der Waals surface area contributed by atoms with Crippen LogP contribution < -0.4 is 9.79 Å². The second-order valence-electron chi connectivity index (χ2n) is 3.97. The van der Waals surface area contributed by atoms with Crippen molar-refractivity contribution < 1.29 is 28.0 Å². The predicted molar refractivity (Wildman–Crippen MR) is 83.4 cm³/mol. The van der Waals surface area contributed by atoms with Crippen LogP contribution in [0.25, 0.3) is 0 Å². The molecule has 0 N–H and O–H groups in total. The van der Waals surface area contributed by atoms with Crippen LogP contribution in [-0.4, -0.2) is 23.1 Å². The van der Waals surface area contributed by atoms with E-state index in [-0.39, 0.29) is 36.3 Å². The molecule has 116 valence electrons. The standard InChI is InChI=1S/2C7H7O3P.Mg/c2*8-11(9)10-6-7-4-2-1-3-5-7;/h2*1-5H,6H2;/q;;+2. The molecule has 6 nitrogen and oxygen atoms in total. The van der Waals surface area contributed by atoms with Gasteiger partial charge in [0.2, 0.25) is 0 Å². The SMILES string of the molecule is O=[P+]([O-])OCc1ccccc1.O=[P+]([O-])OCc1ccccc1.[Mg+2]. The third-order valence-electron chi connectivity index (χ3n) is 2.36. The van der Waals surface area contributed by atoms with E-state index in [1.807, 2.05) is 36.4 Å². The molecule has 0 aliphatic rings. The van der Waals surface area contributed by atoms with Crippen molar-refractivity contribution in [1.29, 1.82) is 0 Å². The van der Waals surface area contributed by atoms with E-state index < -0.39 is 16.5 Å². The zero-order valence-electron chi connectivity index (χ0n) is 12.2. The quantitative estimate of drug-likeness (QED) is 0.575. The third kappa shape index (κ3) is 12.3. The van der Waals surface area contributed by atoms with Gasteiger partial charge in [-0.2, -0.15) is 0 Å². The molecule has 0 aliphatic heterocycles. The maximum absolute atomic E-state index is 9.99. The summed E-state index contributed by atoms with van der Waals surface area (Å²) < 4.78 is 28.7. The molecule has 9 heteroatoms. The molecule has 2 aromatic carbocycles. The Balaban J connectivity index is 0.000000403. The molecule has 0 saturated carbocycles. The molecule has 2 aromatic rings. The molecule has 0 aliphatic carbocycles. The average Bonchev–Trinajstić information content (AvgIpc) is 2.53. The number of hydrogen-bond acceptors (Lipinski definition) is 6. The Morgan fingerprint density at radius 3 is 1.26 bits per heavy atom. The molecule has 0 radical (unpaired) electrons. The Hall–Kier alpha value is -0.754. The van der Waals surface area contributed by atoms with Crippen LogP contribution in [-0.2, 0) is 31.4 Å². The molecule has 2 unspecified atom stereocenters. The Kier molecular flexibility index (Phi) is 13.2. The Morgan fingerprint density at radius 1 is 0.696 bits per heavy atom. The molecule has 0 aromatic heterocycles. The molecule has 0 spiro atoms. The number of hydrogen-bond donors (Lipinski definition) is 0. The predicted octanol–water partition coefficient (Wildman–Crippen LogP) is 2.06. The Labute approximate surface area is 152 Å². The van der Waals surface area contributed by atoms with Gasteiger partial charge in [-0.15, -0.1) is 9.05 Å². The van der Waals surface area contributed by atoms with E-state index >= 15 is 0 Å². The molecule has 23 heavy (non-hydrogen) atoms. The van der Waals surface area contributed by atoms with Crippen molar-refractivity contribution in [3.05, 3.63) is 71.8 Å². The van der Waals surface area contributed by atoms with Gasteiger partial charge in [-0.1, -0.05) is 60.7 Å². The van der Waals surface area contributed by atoms with Crippen molar-refractivity contribution >= 4 is 39.6 Å². The first-order valence-electron chi connectivity index (χ1n) is 6.20. The van der Waals surface area contributed by atoms with Crippen molar-refractivity contribution in [3.63, 3.8) is 0 Å². The molecule has 0 fully saturated rings. The zero-order valence-corrected chi connectivity index (χ0v) is 15.4. The summed E-state index contributed by atoms with van der Waals surface area (Å²) in [4.78, 5) is 20.0. The largest absolute Gasteiger partial charge is 2.00 e. The van der Waals surface area contributed by atoms with Gasteiger partial charge in [0.25, 0.3) is 0 Å². The van der Waals surface area contributed by atoms with Gasteiger partial charge in [0.05, 0.1) is 0 Å². The summed E-state index contributed by atoms with van der Waals surface area (Å²) in [7, 11) is -5.45. The van der Waals surface area contributed by atoms with Gasteiger partial charge in [0.15, 0.2) is 0 Å². The maximum Gasteiger partial charge on any atom is 2.00 e. The first kappa shape index (κ1) is 22.2. The molecule has 0 amide bonds. The van der Waals surface area contributed by atoms with Crippen LogP contribution in [0, 0.1) is 0 Å². The van der Waals surface area contributed by atoms with Crippen LogP contribution >= 0.6 is 16.5 Å². The zero-order chi connectivity index (χ0) is 16.2. The third-order valence-corrected chi connectivity index (χ3v) is 3.04. The molecular weight excluding hydrogens is 350 g/mol. The second kappa shape index (κ2) is 13.7. The number of rotatable bonds is 6. The van der Waals surface area contributed by atoms with Gasteiger partial charge in [-0.25, -0.2) is 0 Å². The van der Waals surface area contributed by atoms with Crippen molar-refractivity contribution in [2.75, 3.05) is 0 Å². The fraction of sp³-hybridized carbons (Fsp3) is 0.143. The summed E-state index contributed by atoms with van der Waals surface area (Å²) in [5.41, 5.74) is 1.71. The van der Waals surface area contributed by atoms with Crippen molar-refractivity contribution in [2.45, 2.75) is 13.2 Å². The van der Waals surface area contributed by atoms with E-state index in [4.69, 9.17) is 0 Å². The van der Waals surface area contributed by atoms with Gasteiger partial charge in [0, 0.05) is 0 Å². The van der Waals surface area contributed by atoms with E-state index in [2.05, 4.69) is 9.05 Å². The monoisotopic (exact) mass is 364 g/mol. The van der Waals surface area contributed by atoms with Crippen LogP contribution in [0.5, 0.6) is 0 Å². The summed E-state index contributed by atoms with van der Waals surface area (Å²) in [5.74, 6) is 0. The normalized spacial score (nSPS) is 10.7.